The number of carbonyl (C=O) groups excluding carboxylic acids is 1. The SMILES string of the molecule is CC1CN(c2ccc(CNC(=O)[C@@H]3CC[C@H](CN)O3)cn2)CCO1.Cl.Cl. The highest BCUT2D eigenvalue weighted by atomic mass is 35.5. The van der Waals surface area contributed by atoms with E-state index in [9.17, 15) is 4.79 Å². The molecule has 1 aromatic heterocycles. The number of morpholine rings is 1. The highest BCUT2D eigenvalue weighted by molar-refractivity contribution is 5.85. The van der Waals surface area contributed by atoms with Gasteiger partial charge < -0.3 is 25.4 Å². The summed E-state index contributed by atoms with van der Waals surface area (Å²) in [4.78, 5) is 18.8. The number of pyridine rings is 1. The van der Waals surface area contributed by atoms with Crippen molar-refractivity contribution in [1.29, 1.82) is 0 Å². The number of hydrogen-bond donors (Lipinski definition) is 2. The van der Waals surface area contributed by atoms with Gasteiger partial charge in [0, 0.05) is 32.4 Å². The molecule has 0 radical (unpaired) electrons. The molecule has 2 aliphatic heterocycles. The smallest absolute Gasteiger partial charge is 0.249 e. The van der Waals surface area contributed by atoms with Gasteiger partial charge in [-0.25, -0.2) is 4.98 Å². The summed E-state index contributed by atoms with van der Waals surface area (Å²) in [6.07, 6.45) is 3.26. The zero-order chi connectivity index (χ0) is 16.9. The minimum atomic E-state index is -0.374. The van der Waals surface area contributed by atoms with Crippen LogP contribution in [0, 0.1) is 0 Å². The molecule has 3 rings (SSSR count). The van der Waals surface area contributed by atoms with E-state index in [0.29, 0.717) is 13.1 Å². The van der Waals surface area contributed by atoms with E-state index in [1.54, 1.807) is 0 Å². The molecule has 0 spiro atoms. The summed E-state index contributed by atoms with van der Waals surface area (Å²) in [7, 11) is 0. The summed E-state index contributed by atoms with van der Waals surface area (Å²) < 4.78 is 11.1. The second-order valence-corrected chi connectivity index (χ2v) is 6.43. The summed E-state index contributed by atoms with van der Waals surface area (Å²) in [6, 6.07) is 4.00. The van der Waals surface area contributed by atoms with E-state index in [1.807, 2.05) is 18.3 Å². The number of rotatable bonds is 5. The minimum Gasteiger partial charge on any atom is -0.375 e. The van der Waals surface area contributed by atoms with Gasteiger partial charge in [0.05, 0.1) is 18.8 Å². The Balaban J connectivity index is 0.00000169. The van der Waals surface area contributed by atoms with Crippen molar-refractivity contribution in [3.8, 4) is 0 Å². The van der Waals surface area contributed by atoms with E-state index in [4.69, 9.17) is 15.2 Å². The number of carbonyl (C=O) groups is 1. The first-order chi connectivity index (χ1) is 11.7. The van der Waals surface area contributed by atoms with Crippen LogP contribution in [0.5, 0.6) is 0 Å². The summed E-state index contributed by atoms with van der Waals surface area (Å²) in [5, 5.41) is 2.91. The first-order valence-electron chi connectivity index (χ1n) is 8.60. The molecule has 0 aromatic carbocycles. The van der Waals surface area contributed by atoms with Gasteiger partial charge in [-0.1, -0.05) is 6.07 Å². The van der Waals surface area contributed by atoms with Crippen LogP contribution in [0.3, 0.4) is 0 Å². The summed E-state index contributed by atoms with van der Waals surface area (Å²) in [5.74, 6) is 0.877. The van der Waals surface area contributed by atoms with Gasteiger partial charge in [-0.15, -0.1) is 24.8 Å². The van der Waals surface area contributed by atoms with Crippen LogP contribution < -0.4 is 16.0 Å². The van der Waals surface area contributed by atoms with E-state index < -0.39 is 0 Å². The van der Waals surface area contributed by atoms with Gasteiger partial charge in [-0.3, -0.25) is 4.79 Å². The van der Waals surface area contributed by atoms with E-state index in [-0.39, 0.29) is 49.0 Å². The number of aromatic nitrogens is 1. The Bertz CT molecular complexity index is 561. The number of amides is 1. The maximum Gasteiger partial charge on any atom is 0.249 e. The number of nitrogens with zero attached hydrogens (tertiary/aromatic N) is 2. The molecule has 3 heterocycles. The molecular formula is C17H28Cl2N4O3. The van der Waals surface area contributed by atoms with E-state index >= 15 is 0 Å². The monoisotopic (exact) mass is 406 g/mol. The summed E-state index contributed by atoms with van der Waals surface area (Å²) in [5.41, 5.74) is 6.54. The van der Waals surface area contributed by atoms with Gasteiger partial charge in [0.15, 0.2) is 0 Å². The molecule has 7 nitrogen and oxygen atoms in total. The normalized spacial score (nSPS) is 25.2. The molecule has 3 N–H and O–H groups in total. The molecule has 148 valence electrons. The average molecular weight is 407 g/mol. The van der Waals surface area contributed by atoms with E-state index in [1.165, 1.54) is 0 Å². The third kappa shape index (κ3) is 5.96. The lowest BCUT2D eigenvalue weighted by molar-refractivity contribution is -0.132. The second-order valence-electron chi connectivity index (χ2n) is 6.43. The fourth-order valence-corrected chi connectivity index (χ4v) is 3.11. The van der Waals surface area contributed by atoms with Crippen molar-refractivity contribution in [2.24, 2.45) is 5.73 Å². The predicted octanol–water partition coefficient (Wildman–Crippen LogP) is 1.27. The zero-order valence-corrected chi connectivity index (χ0v) is 16.6. The topological polar surface area (TPSA) is 89.7 Å². The van der Waals surface area contributed by atoms with Crippen LogP contribution in [-0.4, -0.2) is 55.4 Å². The van der Waals surface area contributed by atoms with Gasteiger partial charge in [-0.05, 0) is 31.4 Å². The first kappa shape index (κ1) is 22.9. The molecular weight excluding hydrogens is 379 g/mol. The van der Waals surface area contributed by atoms with Gasteiger partial charge in [-0.2, -0.15) is 0 Å². The molecule has 0 aliphatic carbocycles. The molecule has 2 aliphatic rings. The molecule has 0 bridgehead atoms. The van der Waals surface area contributed by atoms with Crippen molar-refractivity contribution in [3.63, 3.8) is 0 Å². The number of halogens is 2. The van der Waals surface area contributed by atoms with Crippen LogP contribution in [0.1, 0.15) is 25.3 Å². The predicted molar refractivity (Wildman–Crippen MR) is 105 cm³/mol. The Hall–Kier alpha value is -1.12. The van der Waals surface area contributed by atoms with Gasteiger partial charge in [0.25, 0.3) is 0 Å². The number of hydrogen-bond acceptors (Lipinski definition) is 6. The van der Waals surface area contributed by atoms with E-state index in [0.717, 1.165) is 43.9 Å². The van der Waals surface area contributed by atoms with Crippen molar-refractivity contribution in [2.75, 3.05) is 31.1 Å². The Morgan fingerprint density at radius 3 is 2.81 bits per heavy atom. The molecule has 1 amide bonds. The Morgan fingerprint density at radius 1 is 1.38 bits per heavy atom. The fourth-order valence-electron chi connectivity index (χ4n) is 3.11. The van der Waals surface area contributed by atoms with Crippen LogP contribution in [0.4, 0.5) is 5.82 Å². The Morgan fingerprint density at radius 2 is 2.19 bits per heavy atom. The average Bonchev–Trinajstić information content (AvgIpc) is 3.09. The second kappa shape index (κ2) is 10.9. The zero-order valence-electron chi connectivity index (χ0n) is 14.9. The molecule has 0 saturated carbocycles. The van der Waals surface area contributed by atoms with Crippen molar-refractivity contribution in [2.45, 2.75) is 44.6 Å². The van der Waals surface area contributed by atoms with Crippen molar-refractivity contribution >= 4 is 36.5 Å². The lowest BCUT2D eigenvalue weighted by Gasteiger charge is -2.32. The highest BCUT2D eigenvalue weighted by Gasteiger charge is 2.29. The van der Waals surface area contributed by atoms with E-state index in [2.05, 4.69) is 22.1 Å². The lowest BCUT2D eigenvalue weighted by Crippen LogP contribution is -2.41. The number of nitrogens with two attached hydrogens (primary N) is 1. The van der Waals surface area contributed by atoms with Crippen molar-refractivity contribution in [3.05, 3.63) is 23.9 Å². The molecule has 2 fully saturated rings. The Kier molecular flexibility index (Phi) is 9.60. The molecule has 2 saturated heterocycles. The number of ether oxygens (including phenoxy) is 2. The lowest BCUT2D eigenvalue weighted by atomic mass is 10.2. The quantitative estimate of drug-likeness (QED) is 0.764. The van der Waals surface area contributed by atoms with Crippen LogP contribution in [0.15, 0.2) is 18.3 Å². The van der Waals surface area contributed by atoms with Gasteiger partial charge in [0.1, 0.15) is 11.9 Å². The molecule has 3 atom stereocenters. The minimum absolute atomic E-state index is 0. The first-order valence-corrected chi connectivity index (χ1v) is 8.60. The van der Waals surface area contributed by atoms with Crippen molar-refractivity contribution < 1.29 is 14.3 Å². The molecule has 1 unspecified atom stereocenters. The maximum atomic E-state index is 12.1. The molecule has 26 heavy (non-hydrogen) atoms. The van der Waals surface area contributed by atoms with Crippen LogP contribution in [-0.2, 0) is 20.8 Å². The van der Waals surface area contributed by atoms with Gasteiger partial charge >= 0.3 is 0 Å². The molecule has 9 heteroatoms. The standard InChI is InChI=1S/C17H26N4O3.2ClH/c1-12-11-21(6-7-23-12)16-5-2-13(9-19-16)10-20-17(22)15-4-3-14(8-18)24-15;;/h2,5,9,12,14-15H,3-4,6-8,10-11,18H2,1H3,(H,20,22);2*1H/t12?,14-,15+;;/m1../s1. The van der Waals surface area contributed by atoms with Crippen LogP contribution in [0.2, 0.25) is 0 Å². The van der Waals surface area contributed by atoms with Crippen LogP contribution in [0.25, 0.3) is 0 Å². The van der Waals surface area contributed by atoms with Gasteiger partial charge in [0.2, 0.25) is 5.91 Å². The Labute approximate surface area is 166 Å². The summed E-state index contributed by atoms with van der Waals surface area (Å²) >= 11 is 0. The summed E-state index contributed by atoms with van der Waals surface area (Å²) in [6.45, 7) is 5.43. The fraction of sp³-hybridized carbons (Fsp3) is 0.647. The number of nitrogens with one attached hydrogen (secondary N) is 1. The largest absolute Gasteiger partial charge is 0.375 e. The highest BCUT2D eigenvalue weighted by Crippen LogP contribution is 2.19. The van der Waals surface area contributed by atoms with Crippen LogP contribution >= 0.6 is 24.8 Å². The third-order valence-electron chi connectivity index (χ3n) is 4.50. The third-order valence-corrected chi connectivity index (χ3v) is 4.50. The van der Waals surface area contributed by atoms with Crippen molar-refractivity contribution in [1.82, 2.24) is 10.3 Å². The maximum absolute atomic E-state index is 12.1. The molecule has 1 aromatic rings. The number of anilines is 1.